The van der Waals surface area contributed by atoms with Crippen molar-refractivity contribution in [1.29, 1.82) is 0 Å². The SMILES string of the molecule is COc1cc(CCN2C(=O)c3cccc4cccc(c34)C2=O)c(S(=O)(=O)NCc2cccnc2)cc1OC.O. The number of sulfonamides is 1. The Morgan fingerprint density at radius 3 is 2.13 bits per heavy atom. The van der Waals surface area contributed by atoms with Crippen LogP contribution in [-0.4, -0.2) is 56.4 Å². The van der Waals surface area contributed by atoms with Crippen LogP contribution < -0.4 is 14.2 Å². The lowest BCUT2D eigenvalue weighted by Crippen LogP contribution is -2.41. The van der Waals surface area contributed by atoms with Crippen LogP contribution >= 0.6 is 0 Å². The fourth-order valence-electron chi connectivity index (χ4n) is 4.62. The molecule has 11 heteroatoms. The summed E-state index contributed by atoms with van der Waals surface area (Å²) in [6.07, 6.45) is 3.26. The van der Waals surface area contributed by atoms with E-state index in [0.717, 1.165) is 10.3 Å². The Morgan fingerprint density at radius 2 is 1.54 bits per heavy atom. The van der Waals surface area contributed by atoms with Crippen LogP contribution in [-0.2, 0) is 23.0 Å². The van der Waals surface area contributed by atoms with Crippen LogP contribution in [0.3, 0.4) is 0 Å². The number of aromatic nitrogens is 1. The van der Waals surface area contributed by atoms with Crippen LogP contribution in [0, 0.1) is 0 Å². The van der Waals surface area contributed by atoms with Gasteiger partial charge < -0.3 is 14.9 Å². The summed E-state index contributed by atoms with van der Waals surface area (Å²) in [7, 11) is -1.14. The second-order valence-corrected chi connectivity index (χ2v) is 10.5. The van der Waals surface area contributed by atoms with Crippen LogP contribution in [0.4, 0.5) is 0 Å². The summed E-state index contributed by atoms with van der Waals surface area (Å²) in [5, 5.41) is 1.45. The predicted octanol–water partition coefficient (Wildman–Crippen LogP) is 2.74. The maximum atomic E-state index is 13.4. The van der Waals surface area contributed by atoms with E-state index in [9.17, 15) is 18.0 Å². The predicted molar refractivity (Wildman–Crippen MR) is 144 cm³/mol. The molecule has 0 saturated heterocycles. The van der Waals surface area contributed by atoms with E-state index in [0.29, 0.717) is 33.4 Å². The van der Waals surface area contributed by atoms with Gasteiger partial charge in [-0.1, -0.05) is 30.3 Å². The van der Waals surface area contributed by atoms with Gasteiger partial charge in [0.2, 0.25) is 10.0 Å². The molecule has 0 spiro atoms. The summed E-state index contributed by atoms with van der Waals surface area (Å²) in [6.45, 7) is 0.0108. The molecule has 10 nitrogen and oxygen atoms in total. The molecule has 39 heavy (non-hydrogen) atoms. The number of amides is 2. The molecule has 1 aromatic heterocycles. The Labute approximate surface area is 225 Å². The normalized spacial score (nSPS) is 12.8. The fourth-order valence-corrected chi connectivity index (χ4v) is 5.90. The number of hydrogen-bond donors (Lipinski definition) is 1. The molecule has 0 radical (unpaired) electrons. The first-order valence-corrected chi connectivity index (χ1v) is 13.3. The first kappa shape index (κ1) is 27.7. The van der Waals surface area contributed by atoms with Gasteiger partial charge in [0.05, 0.1) is 19.1 Å². The summed E-state index contributed by atoms with van der Waals surface area (Å²) < 4.78 is 40.1. The van der Waals surface area contributed by atoms with Crippen LogP contribution in [0.2, 0.25) is 0 Å². The van der Waals surface area contributed by atoms with Crippen molar-refractivity contribution in [1.82, 2.24) is 14.6 Å². The van der Waals surface area contributed by atoms with Crippen LogP contribution in [0.25, 0.3) is 10.8 Å². The van der Waals surface area contributed by atoms with Crippen molar-refractivity contribution in [3.05, 3.63) is 95.3 Å². The van der Waals surface area contributed by atoms with Gasteiger partial charge in [0, 0.05) is 48.1 Å². The highest BCUT2D eigenvalue weighted by Crippen LogP contribution is 2.34. The van der Waals surface area contributed by atoms with Crippen molar-refractivity contribution in [2.24, 2.45) is 0 Å². The molecule has 2 heterocycles. The lowest BCUT2D eigenvalue weighted by molar-refractivity contribution is 0.0612. The van der Waals surface area contributed by atoms with Gasteiger partial charge in [0.1, 0.15) is 0 Å². The second kappa shape index (κ2) is 11.2. The molecular weight excluding hydrogens is 522 g/mol. The Bertz CT molecular complexity index is 1610. The van der Waals surface area contributed by atoms with E-state index < -0.39 is 21.8 Å². The number of methoxy groups -OCH3 is 2. The second-order valence-electron chi connectivity index (χ2n) is 8.72. The number of carbonyl (C=O) groups excluding carboxylic acids is 2. The van der Waals surface area contributed by atoms with Gasteiger partial charge in [-0.25, -0.2) is 13.1 Å². The minimum absolute atomic E-state index is 0. The lowest BCUT2D eigenvalue weighted by atomic mass is 9.94. The Kier molecular flexibility index (Phi) is 7.95. The molecule has 4 aromatic rings. The number of benzene rings is 3. The van der Waals surface area contributed by atoms with Gasteiger partial charge in [-0.05, 0) is 47.2 Å². The van der Waals surface area contributed by atoms with E-state index >= 15 is 0 Å². The van der Waals surface area contributed by atoms with Crippen molar-refractivity contribution in [3.63, 3.8) is 0 Å². The molecule has 5 rings (SSSR count). The van der Waals surface area contributed by atoms with Crippen molar-refractivity contribution in [2.75, 3.05) is 20.8 Å². The van der Waals surface area contributed by atoms with E-state index in [-0.39, 0.29) is 35.6 Å². The number of imide groups is 1. The van der Waals surface area contributed by atoms with Crippen LogP contribution in [0.5, 0.6) is 11.5 Å². The maximum absolute atomic E-state index is 13.4. The van der Waals surface area contributed by atoms with Crippen molar-refractivity contribution >= 4 is 32.6 Å². The van der Waals surface area contributed by atoms with Gasteiger partial charge in [-0.3, -0.25) is 19.5 Å². The first-order valence-electron chi connectivity index (χ1n) is 11.9. The molecule has 3 N–H and O–H groups in total. The third-order valence-corrected chi connectivity index (χ3v) is 7.99. The highest BCUT2D eigenvalue weighted by atomic mass is 32.2. The quantitative estimate of drug-likeness (QED) is 0.316. The number of carbonyl (C=O) groups is 2. The van der Waals surface area contributed by atoms with Gasteiger partial charge in [-0.2, -0.15) is 0 Å². The summed E-state index contributed by atoms with van der Waals surface area (Å²) >= 11 is 0. The standard InChI is InChI=1S/C28H25N3O6S.H2O/c1-36-23-14-20(25(15-24(23)37-2)38(34,35)30-17-18-6-5-12-29-16-18)11-13-31-27(32)21-9-3-7-19-8-4-10-22(26(19)21)28(31)33;/h3-10,12,14-16,30H,11,13,17H2,1-2H3;1H2. The van der Waals surface area contributed by atoms with Crippen LogP contribution in [0.15, 0.2) is 78.0 Å². The zero-order valence-electron chi connectivity index (χ0n) is 21.3. The Balaban J connectivity index is 0.00000353. The molecule has 0 fully saturated rings. The molecule has 2 amide bonds. The molecule has 1 aliphatic rings. The third-order valence-electron chi connectivity index (χ3n) is 6.51. The molecule has 0 atom stereocenters. The largest absolute Gasteiger partial charge is 0.493 e. The first-order chi connectivity index (χ1) is 18.3. The summed E-state index contributed by atoms with van der Waals surface area (Å²) in [4.78, 5) is 31.8. The zero-order chi connectivity index (χ0) is 26.9. The van der Waals surface area contributed by atoms with E-state index in [4.69, 9.17) is 9.47 Å². The van der Waals surface area contributed by atoms with Gasteiger partial charge in [-0.15, -0.1) is 0 Å². The summed E-state index contributed by atoms with van der Waals surface area (Å²) in [6, 6.07) is 17.1. The van der Waals surface area contributed by atoms with E-state index in [1.54, 1.807) is 54.9 Å². The highest BCUT2D eigenvalue weighted by Gasteiger charge is 2.33. The Hall–Kier alpha value is -4.32. The molecule has 202 valence electrons. The molecule has 3 aromatic carbocycles. The average Bonchev–Trinajstić information content (AvgIpc) is 2.94. The number of nitrogens with zero attached hydrogens (tertiary/aromatic N) is 2. The number of pyridine rings is 1. The minimum Gasteiger partial charge on any atom is -0.493 e. The van der Waals surface area contributed by atoms with Crippen molar-refractivity contribution < 1.29 is 33.0 Å². The molecule has 0 bridgehead atoms. The third kappa shape index (κ3) is 5.19. The van der Waals surface area contributed by atoms with Crippen molar-refractivity contribution in [3.8, 4) is 11.5 Å². The molecule has 0 aliphatic carbocycles. The zero-order valence-corrected chi connectivity index (χ0v) is 22.1. The monoisotopic (exact) mass is 549 g/mol. The average molecular weight is 550 g/mol. The summed E-state index contributed by atoms with van der Waals surface area (Å²) in [5.41, 5.74) is 1.95. The maximum Gasteiger partial charge on any atom is 0.261 e. The molecule has 0 unspecified atom stereocenters. The van der Waals surface area contributed by atoms with Gasteiger partial charge in [0.15, 0.2) is 11.5 Å². The van der Waals surface area contributed by atoms with E-state index in [1.807, 2.05) is 12.1 Å². The highest BCUT2D eigenvalue weighted by molar-refractivity contribution is 7.89. The fraction of sp³-hybridized carbons (Fsp3) is 0.179. The number of nitrogens with one attached hydrogen (secondary N) is 1. The number of hydrogen-bond acceptors (Lipinski definition) is 7. The lowest BCUT2D eigenvalue weighted by Gasteiger charge is -2.27. The minimum atomic E-state index is -4.01. The molecule has 1 aliphatic heterocycles. The van der Waals surface area contributed by atoms with E-state index in [1.165, 1.54) is 20.3 Å². The molecular formula is C28H27N3O7S. The number of ether oxygens (including phenoxy) is 2. The summed E-state index contributed by atoms with van der Waals surface area (Å²) in [5.74, 6) is -0.262. The molecule has 0 saturated carbocycles. The van der Waals surface area contributed by atoms with Gasteiger partial charge >= 0.3 is 0 Å². The van der Waals surface area contributed by atoms with Crippen LogP contribution in [0.1, 0.15) is 31.8 Å². The smallest absolute Gasteiger partial charge is 0.261 e. The number of rotatable bonds is 9. The van der Waals surface area contributed by atoms with Gasteiger partial charge in [0.25, 0.3) is 11.8 Å². The Morgan fingerprint density at radius 1 is 0.897 bits per heavy atom. The van der Waals surface area contributed by atoms with Crippen molar-refractivity contribution in [2.45, 2.75) is 17.9 Å². The topological polar surface area (TPSA) is 146 Å². The van der Waals surface area contributed by atoms with E-state index in [2.05, 4.69) is 9.71 Å².